The second kappa shape index (κ2) is 9.24. The normalized spacial score (nSPS) is 25.4. The number of ether oxygens (including phenoxy) is 1. The van der Waals surface area contributed by atoms with E-state index in [1.807, 2.05) is 0 Å². The van der Waals surface area contributed by atoms with E-state index in [1.165, 1.54) is 61.8 Å². The van der Waals surface area contributed by atoms with Crippen molar-refractivity contribution in [2.24, 2.45) is 0 Å². The van der Waals surface area contributed by atoms with Crippen LogP contribution >= 0.6 is 0 Å². The molecular weight excluding hydrogens is 366 g/mol. The zero-order valence-corrected chi connectivity index (χ0v) is 19.3. The number of nitrogens with zero attached hydrogens (tertiary/aromatic N) is 1. The van der Waals surface area contributed by atoms with E-state index in [0.717, 1.165) is 12.1 Å². The van der Waals surface area contributed by atoms with Gasteiger partial charge in [-0.25, -0.2) is 0 Å². The maximum Gasteiger partial charge on any atom is 0.108 e. The van der Waals surface area contributed by atoms with Crippen molar-refractivity contribution in [1.29, 1.82) is 0 Å². The molecule has 2 aromatic rings. The Balaban J connectivity index is 1.52. The van der Waals surface area contributed by atoms with Gasteiger partial charge in [0.1, 0.15) is 6.10 Å². The highest BCUT2D eigenvalue weighted by molar-refractivity contribution is 5.34. The largest absolute Gasteiger partial charge is 0.365 e. The molecule has 2 aliphatic heterocycles. The fourth-order valence-corrected chi connectivity index (χ4v) is 5.37. The van der Waals surface area contributed by atoms with Crippen LogP contribution in [0.2, 0.25) is 0 Å². The molecule has 2 aromatic carbocycles. The van der Waals surface area contributed by atoms with Gasteiger partial charge in [0.15, 0.2) is 0 Å². The van der Waals surface area contributed by atoms with E-state index < -0.39 is 0 Å². The van der Waals surface area contributed by atoms with Crippen LogP contribution in [0.15, 0.2) is 54.6 Å². The standard InChI is InChI=1S/C28H39NO/c1-5-6-18-29-24-16-17-25(29)20-26(19-24)30-27(21-10-8-7-9-11-21)22-12-14-23(15-13-22)28(2,3)4/h7-15,24-27H,5-6,16-20H2,1-4H3/t24-,25+,26?,27?. The molecule has 0 N–H and O–H groups in total. The van der Waals surface area contributed by atoms with Crippen LogP contribution in [0.25, 0.3) is 0 Å². The Hall–Kier alpha value is -1.64. The van der Waals surface area contributed by atoms with Crippen LogP contribution in [-0.2, 0) is 10.2 Å². The second-order valence-electron chi connectivity index (χ2n) is 10.4. The first-order valence-corrected chi connectivity index (χ1v) is 12.0. The first kappa shape index (κ1) is 21.6. The van der Waals surface area contributed by atoms with E-state index in [2.05, 4.69) is 87.2 Å². The molecule has 0 amide bonds. The number of rotatable bonds is 7. The third-order valence-corrected chi connectivity index (χ3v) is 7.12. The minimum absolute atomic E-state index is 0.0202. The minimum atomic E-state index is 0.0202. The van der Waals surface area contributed by atoms with Gasteiger partial charge >= 0.3 is 0 Å². The van der Waals surface area contributed by atoms with E-state index >= 15 is 0 Å². The fraction of sp³-hybridized carbons (Fsp3) is 0.571. The molecule has 2 fully saturated rings. The summed E-state index contributed by atoms with van der Waals surface area (Å²) in [4.78, 5) is 2.79. The fourth-order valence-electron chi connectivity index (χ4n) is 5.37. The molecular formula is C28H39NO. The minimum Gasteiger partial charge on any atom is -0.365 e. The molecule has 0 aromatic heterocycles. The second-order valence-corrected chi connectivity index (χ2v) is 10.4. The first-order valence-electron chi connectivity index (χ1n) is 12.0. The molecule has 2 heteroatoms. The lowest BCUT2D eigenvalue weighted by Gasteiger charge is -2.40. The molecule has 0 saturated carbocycles. The number of benzene rings is 2. The van der Waals surface area contributed by atoms with Crippen LogP contribution in [-0.4, -0.2) is 29.6 Å². The van der Waals surface area contributed by atoms with Gasteiger partial charge in [0, 0.05) is 12.1 Å². The SMILES string of the molecule is CCCCN1[C@@H]2CC[C@H]1CC(OC(c1ccccc1)c1ccc(C(C)(C)C)cc1)C2. The van der Waals surface area contributed by atoms with Gasteiger partial charge in [0.25, 0.3) is 0 Å². The quantitative estimate of drug-likeness (QED) is 0.497. The molecule has 2 nitrogen and oxygen atoms in total. The van der Waals surface area contributed by atoms with Crippen molar-refractivity contribution in [3.8, 4) is 0 Å². The lowest BCUT2D eigenvalue weighted by atomic mass is 9.86. The van der Waals surface area contributed by atoms with Crippen molar-refractivity contribution in [3.63, 3.8) is 0 Å². The molecule has 4 rings (SSSR count). The van der Waals surface area contributed by atoms with Crippen LogP contribution in [0.5, 0.6) is 0 Å². The Morgan fingerprint density at radius 3 is 2.07 bits per heavy atom. The van der Waals surface area contributed by atoms with E-state index in [0.29, 0.717) is 6.10 Å². The Bertz CT molecular complexity index is 778. The van der Waals surface area contributed by atoms with Gasteiger partial charge in [-0.05, 0) is 60.8 Å². The Morgan fingerprint density at radius 2 is 1.50 bits per heavy atom. The summed E-state index contributed by atoms with van der Waals surface area (Å²) in [6.45, 7) is 10.4. The highest BCUT2D eigenvalue weighted by atomic mass is 16.5. The van der Waals surface area contributed by atoms with Crippen LogP contribution in [0, 0.1) is 0 Å². The summed E-state index contributed by atoms with van der Waals surface area (Å²) in [5.41, 5.74) is 4.09. The average Bonchev–Trinajstić information content (AvgIpc) is 2.98. The van der Waals surface area contributed by atoms with Crippen LogP contribution in [0.4, 0.5) is 0 Å². The van der Waals surface area contributed by atoms with E-state index in [4.69, 9.17) is 4.74 Å². The van der Waals surface area contributed by atoms with Gasteiger partial charge in [-0.2, -0.15) is 0 Å². The Labute approximate surface area is 183 Å². The third kappa shape index (κ3) is 4.81. The summed E-state index contributed by atoms with van der Waals surface area (Å²) in [5.74, 6) is 0. The predicted molar refractivity (Wildman–Crippen MR) is 126 cm³/mol. The van der Waals surface area contributed by atoms with Gasteiger partial charge in [-0.1, -0.05) is 88.7 Å². The molecule has 2 aliphatic rings. The lowest BCUT2D eigenvalue weighted by molar-refractivity contribution is -0.0483. The van der Waals surface area contributed by atoms with Gasteiger partial charge in [-0.3, -0.25) is 4.90 Å². The Kier molecular flexibility index (Phi) is 6.65. The first-order chi connectivity index (χ1) is 14.5. The maximum atomic E-state index is 6.90. The summed E-state index contributed by atoms with van der Waals surface area (Å²) in [7, 11) is 0. The van der Waals surface area contributed by atoms with Gasteiger partial charge in [0.2, 0.25) is 0 Å². The van der Waals surface area contributed by atoms with Crippen molar-refractivity contribution in [3.05, 3.63) is 71.3 Å². The Morgan fingerprint density at radius 1 is 0.900 bits per heavy atom. The highest BCUT2D eigenvalue weighted by Crippen LogP contribution is 2.40. The molecule has 4 atom stereocenters. The number of hydrogen-bond donors (Lipinski definition) is 0. The highest BCUT2D eigenvalue weighted by Gasteiger charge is 2.41. The maximum absolute atomic E-state index is 6.90. The van der Waals surface area contributed by atoms with Gasteiger partial charge in [-0.15, -0.1) is 0 Å². The van der Waals surface area contributed by atoms with Gasteiger partial charge < -0.3 is 4.74 Å². The summed E-state index contributed by atoms with van der Waals surface area (Å²) in [6.07, 6.45) is 8.06. The number of hydrogen-bond acceptors (Lipinski definition) is 2. The van der Waals surface area contributed by atoms with E-state index in [-0.39, 0.29) is 11.5 Å². The summed E-state index contributed by atoms with van der Waals surface area (Å²) >= 11 is 0. The summed E-state index contributed by atoms with van der Waals surface area (Å²) in [6, 6.07) is 21.4. The lowest BCUT2D eigenvalue weighted by Crippen LogP contribution is -2.46. The topological polar surface area (TPSA) is 12.5 Å². The van der Waals surface area contributed by atoms with E-state index in [1.54, 1.807) is 0 Å². The van der Waals surface area contributed by atoms with Gasteiger partial charge in [0.05, 0.1) is 6.10 Å². The molecule has 2 saturated heterocycles. The van der Waals surface area contributed by atoms with Crippen LogP contribution < -0.4 is 0 Å². The molecule has 162 valence electrons. The molecule has 2 heterocycles. The predicted octanol–water partition coefficient (Wildman–Crippen LogP) is 6.89. The van der Waals surface area contributed by atoms with Crippen molar-refractivity contribution < 1.29 is 4.74 Å². The number of unbranched alkanes of at least 4 members (excludes halogenated alkanes) is 1. The van der Waals surface area contributed by atoms with Crippen molar-refractivity contribution in [1.82, 2.24) is 4.90 Å². The number of piperidine rings is 1. The molecule has 2 bridgehead atoms. The third-order valence-electron chi connectivity index (χ3n) is 7.12. The zero-order chi connectivity index (χ0) is 21.1. The molecule has 2 unspecified atom stereocenters. The molecule has 0 aliphatic carbocycles. The summed E-state index contributed by atoms with van der Waals surface area (Å²) in [5, 5.41) is 0. The van der Waals surface area contributed by atoms with Crippen molar-refractivity contribution >= 4 is 0 Å². The molecule has 0 radical (unpaired) electrons. The smallest absolute Gasteiger partial charge is 0.108 e. The monoisotopic (exact) mass is 405 g/mol. The number of fused-ring (bicyclic) bond motifs is 2. The van der Waals surface area contributed by atoms with Crippen LogP contribution in [0.1, 0.15) is 89.0 Å². The summed E-state index contributed by atoms with van der Waals surface area (Å²) < 4.78 is 6.90. The average molecular weight is 406 g/mol. The van der Waals surface area contributed by atoms with Crippen molar-refractivity contribution in [2.75, 3.05) is 6.54 Å². The molecule has 30 heavy (non-hydrogen) atoms. The van der Waals surface area contributed by atoms with Crippen molar-refractivity contribution in [2.45, 2.75) is 95.9 Å². The molecule has 0 spiro atoms. The van der Waals surface area contributed by atoms with Crippen LogP contribution in [0.3, 0.4) is 0 Å². The zero-order valence-electron chi connectivity index (χ0n) is 19.3. The van der Waals surface area contributed by atoms with E-state index in [9.17, 15) is 0 Å².